The van der Waals surface area contributed by atoms with Gasteiger partial charge in [0.15, 0.2) is 11.5 Å². The van der Waals surface area contributed by atoms with E-state index >= 15 is 0 Å². The minimum Gasteiger partial charge on any atom is -0.493 e. The zero-order chi connectivity index (χ0) is 19.1. The van der Waals surface area contributed by atoms with Crippen molar-refractivity contribution in [2.75, 3.05) is 27.3 Å². The summed E-state index contributed by atoms with van der Waals surface area (Å²) in [5, 5.41) is 9.08. The van der Waals surface area contributed by atoms with E-state index in [1.165, 1.54) is 43.4 Å². The van der Waals surface area contributed by atoms with E-state index in [9.17, 15) is 14.0 Å². The van der Waals surface area contributed by atoms with Gasteiger partial charge in [-0.25, -0.2) is 4.39 Å². The number of methoxy groups -OCH3 is 2. The van der Waals surface area contributed by atoms with Crippen molar-refractivity contribution in [2.45, 2.75) is 6.42 Å². The Morgan fingerprint density at radius 3 is 2.27 bits per heavy atom. The van der Waals surface area contributed by atoms with E-state index in [0.717, 1.165) is 5.56 Å². The lowest BCUT2D eigenvalue weighted by Gasteiger charge is -2.21. The molecular weight excluding hydrogens is 341 g/mol. The maximum atomic E-state index is 13.0. The zero-order valence-corrected chi connectivity index (χ0v) is 14.6. The van der Waals surface area contributed by atoms with Crippen LogP contribution >= 0.6 is 0 Å². The summed E-state index contributed by atoms with van der Waals surface area (Å²) < 4.78 is 23.4. The van der Waals surface area contributed by atoms with E-state index in [1.807, 2.05) is 6.07 Å². The summed E-state index contributed by atoms with van der Waals surface area (Å²) in [6, 6.07) is 10.4. The number of ether oxygens (including phenoxy) is 2. The first-order chi connectivity index (χ1) is 12.4. The Hall–Kier alpha value is -3.09. The van der Waals surface area contributed by atoms with Gasteiger partial charge >= 0.3 is 5.97 Å². The highest BCUT2D eigenvalue weighted by molar-refractivity contribution is 5.95. The molecule has 7 heteroatoms. The van der Waals surface area contributed by atoms with Crippen molar-refractivity contribution in [1.29, 1.82) is 0 Å². The van der Waals surface area contributed by atoms with Crippen molar-refractivity contribution in [3.05, 3.63) is 59.4 Å². The number of benzene rings is 2. The highest BCUT2D eigenvalue weighted by Gasteiger charge is 2.19. The predicted molar refractivity (Wildman–Crippen MR) is 93.2 cm³/mol. The number of nitrogens with zero attached hydrogens (tertiary/aromatic N) is 1. The van der Waals surface area contributed by atoms with Crippen LogP contribution in [-0.4, -0.2) is 49.2 Å². The molecule has 0 spiro atoms. The summed E-state index contributed by atoms with van der Waals surface area (Å²) in [5.74, 6) is -0.905. The van der Waals surface area contributed by atoms with Gasteiger partial charge in [0.25, 0.3) is 5.91 Å². The van der Waals surface area contributed by atoms with Gasteiger partial charge in [0, 0.05) is 12.1 Å². The molecule has 1 N–H and O–H groups in total. The maximum absolute atomic E-state index is 13.0. The van der Waals surface area contributed by atoms with Gasteiger partial charge in [-0.2, -0.15) is 0 Å². The fourth-order valence-corrected chi connectivity index (χ4v) is 2.49. The summed E-state index contributed by atoms with van der Waals surface area (Å²) in [6.45, 7) is -0.249. The van der Waals surface area contributed by atoms with Gasteiger partial charge in [-0.3, -0.25) is 9.59 Å². The molecule has 0 aromatic heterocycles. The quantitative estimate of drug-likeness (QED) is 0.782. The lowest BCUT2D eigenvalue weighted by Crippen LogP contribution is -2.37. The van der Waals surface area contributed by atoms with Crippen LogP contribution in [0, 0.1) is 5.82 Å². The number of rotatable bonds is 8. The van der Waals surface area contributed by atoms with E-state index in [0.29, 0.717) is 17.9 Å². The molecule has 0 fully saturated rings. The Bertz CT molecular complexity index is 776. The third-order valence-corrected chi connectivity index (χ3v) is 3.82. The molecule has 2 aromatic rings. The molecule has 6 nitrogen and oxygen atoms in total. The number of hydrogen-bond donors (Lipinski definition) is 1. The second-order valence-corrected chi connectivity index (χ2v) is 5.57. The maximum Gasteiger partial charge on any atom is 0.323 e. The molecule has 0 unspecified atom stereocenters. The first-order valence-corrected chi connectivity index (χ1v) is 7.92. The fraction of sp³-hybridized carbons (Fsp3) is 0.263. The van der Waals surface area contributed by atoms with Crippen molar-refractivity contribution >= 4 is 11.9 Å². The van der Waals surface area contributed by atoms with E-state index in [1.54, 1.807) is 12.1 Å². The van der Waals surface area contributed by atoms with E-state index in [2.05, 4.69) is 0 Å². The lowest BCUT2D eigenvalue weighted by molar-refractivity contribution is -0.137. The number of carbonyl (C=O) groups is 2. The molecule has 26 heavy (non-hydrogen) atoms. The summed E-state index contributed by atoms with van der Waals surface area (Å²) >= 11 is 0. The number of aliphatic carboxylic acids is 1. The number of halogens is 1. The largest absolute Gasteiger partial charge is 0.493 e. The van der Waals surface area contributed by atoms with Crippen LogP contribution < -0.4 is 9.47 Å². The van der Waals surface area contributed by atoms with Crippen molar-refractivity contribution in [3.63, 3.8) is 0 Å². The molecule has 2 rings (SSSR count). The van der Waals surface area contributed by atoms with Crippen LogP contribution in [0.2, 0.25) is 0 Å². The van der Waals surface area contributed by atoms with Gasteiger partial charge in [-0.1, -0.05) is 6.07 Å². The Morgan fingerprint density at radius 2 is 1.69 bits per heavy atom. The summed E-state index contributed by atoms with van der Waals surface area (Å²) in [7, 11) is 3.06. The van der Waals surface area contributed by atoms with Crippen LogP contribution in [0.25, 0.3) is 0 Å². The number of carbonyl (C=O) groups excluding carboxylic acids is 1. The molecule has 0 aliphatic carbocycles. The van der Waals surface area contributed by atoms with Gasteiger partial charge < -0.3 is 19.5 Å². The van der Waals surface area contributed by atoms with Crippen molar-refractivity contribution < 1.29 is 28.6 Å². The number of carboxylic acid groups (broad SMARTS) is 1. The highest BCUT2D eigenvalue weighted by Crippen LogP contribution is 2.27. The minimum atomic E-state index is -1.12. The summed E-state index contributed by atoms with van der Waals surface area (Å²) in [4.78, 5) is 24.9. The number of carboxylic acids is 1. The Labute approximate surface area is 150 Å². The van der Waals surface area contributed by atoms with E-state index < -0.39 is 24.2 Å². The normalized spacial score (nSPS) is 10.3. The Morgan fingerprint density at radius 1 is 1.04 bits per heavy atom. The van der Waals surface area contributed by atoms with Crippen LogP contribution in [0.4, 0.5) is 4.39 Å². The summed E-state index contributed by atoms with van der Waals surface area (Å²) in [6.07, 6.45) is 0.431. The lowest BCUT2D eigenvalue weighted by atomic mass is 10.1. The molecule has 0 saturated carbocycles. The van der Waals surface area contributed by atoms with Crippen LogP contribution in [-0.2, 0) is 11.2 Å². The van der Waals surface area contributed by atoms with Gasteiger partial charge in [-0.05, 0) is 48.4 Å². The molecule has 0 bridgehead atoms. The summed E-state index contributed by atoms with van der Waals surface area (Å²) in [5.41, 5.74) is 1.10. The molecule has 0 aliphatic heterocycles. The van der Waals surface area contributed by atoms with Crippen LogP contribution in [0.3, 0.4) is 0 Å². The molecule has 1 amide bonds. The zero-order valence-electron chi connectivity index (χ0n) is 14.6. The monoisotopic (exact) mass is 361 g/mol. The molecule has 2 aromatic carbocycles. The van der Waals surface area contributed by atoms with Crippen molar-refractivity contribution in [2.24, 2.45) is 0 Å². The fourth-order valence-electron chi connectivity index (χ4n) is 2.49. The number of amides is 1. The first-order valence-electron chi connectivity index (χ1n) is 7.92. The first kappa shape index (κ1) is 19.2. The SMILES string of the molecule is COc1ccc(CCN(CC(=O)O)C(=O)c2ccc(F)cc2)cc1OC. The van der Waals surface area contributed by atoms with Gasteiger partial charge in [0.2, 0.25) is 0 Å². The molecule has 0 atom stereocenters. The molecular formula is C19H20FNO5. The average Bonchev–Trinajstić information content (AvgIpc) is 2.64. The molecule has 0 saturated heterocycles. The van der Waals surface area contributed by atoms with Crippen LogP contribution in [0.5, 0.6) is 11.5 Å². The Kier molecular flexibility index (Phi) is 6.54. The standard InChI is InChI=1S/C19H20FNO5/c1-25-16-8-3-13(11-17(16)26-2)9-10-21(12-18(22)23)19(24)14-4-6-15(20)7-5-14/h3-8,11H,9-10,12H2,1-2H3,(H,22,23). The molecule has 0 heterocycles. The molecule has 138 valence electrons. The van der Waals surface area contributed by atoms with E-state index in [4.69, 9.17) is 14.6 Å². The van der Waals surface area contributed by atoms with Gasteiger partial charge in [0.1, 0.15) is 12.4 Å². The second-order valence-electron chi connectivity index (χ2n) is 5.57. The number of hydrogen-bond acceptors (Lipinski definition) is 4. The Balaban J connectivity index is 2.14. The third-order valence-electron chi connectivity index (χ3n) is 3.82. The van der Waals surface area contributed by atoms with Crippen LogP contribution in [0.15, 0.2) is 42.5 Å². The molecule has 0 radical (unpaired) electrons. The van der Waals surface area contributed by atoms with E-state index in [-0.39, 0.29) is 12.1 Å². The van der Waals surface area contributed by atoms with Crippen molar-refractivity contribution in [1.82, 2.24) is 4.90 Å². The smallest absolute Gasteiger partial charge is 0.323 e. The topological polar surface area (TPSA) is 76.1 Å². The van der Waals surface area contributed by atoms with Gasteiger partial charge in [0.05, 0.1) is 14.2 Å². The van der Waals surface area contributed by atoms with Gasteiger partial charge in [-0.15, -0.1) is 0 Å². The highest BCUT2D eigenvalue weighted by atomic mass is 19.1. The van der Waals surface area contributed by atoms with Crippen molar-refractivity contribution in [3.8, 4) is 11.5 Å². The minimum absolute atomic E-state index is 0.192. The third kappa shape index (κ3) is 4.95. The average molecular weight is 361 g/mol. The predicted octanol–water partition coefficient (Wildman–Crippen LogP) is 2.61. The molecule has 0 aliphatic rings. The van der Waals surface area contributed by atoms with Crippen LogP contribution in [0.1, 0.15) is 15.9 Å². The second kappa shape index (κ2) is 8.84.